The first-order valence-electron chi connectivity index (χ1n) is 10.6. The number of aromatic nitrogens is 2. The molecular weight excluding hydrogens is 428 g/mol. The lowest BCUT2D eigenvalue weighted by Crippen LogP contribution is -2.40. The fourth-order valence-corrected chi connectivity index (χ4v) is 5.80. The standard InChI is InChI=1S/C23H28N4O4S/c1-16-22(32(29,30)25(4)15-21-10-7-13-31-21)17(2)27(24-16)18(3)23(28)26-12-11-19-8-5-6-9-20(19)14-26/h5-10,13,18H,11-12,14-15H2,1-4H3. The number of hydrogen-bond donors (Lipinski definition) is 0. The molecule has 1 unspecified atom stereocenters. The Morgan fingerprint density at radius 3 is 2.59 bits per heavy atom. The van der Waals surface area contributed by atoms with Crippen molar-refractivity contribution in [3.05, 3.63) is 70.9 Å². The summed E-state index contributed by atoms with van der Waals surface area (Å²) < 4.78 is 34.6. The second-order valence-corrected chi connectivity index (χ2v) is 10.2. The number of hydrogen-bond acceptors (Lipinski definition) is 5. The molecule has 1 aliphatic heterocycles. The normalized spacial score (nSPS) is 15.1. The molecule has 4 rings (SSSR count). The highest BCUT2D eigenvalue weighted by atomic mass is 32.2. The lowest BCUT2D eigenvalue weighted by molar-refractivity contribution is -0.135. The molecule has 0 saturated carbocycles. The van der Waals surface area contributed by atoms with Gasteiger partial charge in [-0.1, -0.05) is 24.3 Å². The molecule has 8 nitrogen and oxygen atoms in total. The van der Waals surface area contributed by atoms with Gasteiger partial charge in [0, 0.05) is 20.1 Å². The molecule has 1 aromatic carbocycles. The minimum atomic E-state index is -3.81. The summed E-state index contributed by atoms with van der Waals surface area (Å²) in [5, 5.41) is 4.46. The van der Waals surface area contributed by atoms with Crippen LogP contribution in [0, 0.1) is 13.8 Å². The molecule has 0 fully saturated rings. The van der Waals surface area contributed by atoms with E-state index < -0.39 is 16.1 Å². The molecule has 0 N–H and O–H groups in total. The molecule has 1 amide bonds. The highest BCUT2D eigenvalue weighted by molar-refractivity contribution is 7.89. The Bertz CT molecular complexity index is 1230. The SMILES string of the molecule is Cc1nn(C(C)C(=O)N2CCc3ccccc3C2)c(C)c1S(=O)(=O)N(C)Cc1ccco1. The summed E-state index contributed by atoms with van der Waals surface area (Å²) in [6.45, 7) is 6.42. The second-order valence-electron chi connectivity index (χ2n) is 8.24. The van der Waals surface area contributed by atoms with Crippen LogP contribution in [0.1, 0.15) is 41.2 Å². The molecule has 0 spiro atoms. The molecule has 0 radical (unpaired) electrons. The van der Waals surface area contributed by atoms with Crippen molar-refractivity contribution in [1.29, 1.82) is 0 Å². The van der Waals surface area contributed by atoms with E-state index in [9.17, 15) is 13.2 Å². The van der Waals surface area contributed by atoms with Gasteiger partial charge in [0.15, 0.2) is 0 Å². The quantitative estimate of drug-likeness (QED) is 0.569. The van der Waals surface area contributed by atoms with Crippen molar-refractivity contribution >= 4 is 15.9 Å². The van der Waals surface area contributed by atoms with Crippen LogP contribution in [-0.4, -0.2) is 46.9 Å². The van der Waals surface area contributed by atoms with E-state index >= 15 is 0 Å². The van der Waals surface area contributed by atoms with E-state index in [0.717, 1.165) is 12.0 Å². The lowest BCUT2D eigenvalue weighted by atomic mass is 9.99. The predicted molar refractivity (Wildman–Crippen MR) is 119 cm³/mol. The summed E-state index contributed by atoms with van der Waals surface area (Å²) in [5.74, 6) is 0.477. The number of sulfonamides is 1. The van der Waals surface area contributed by atoms with Gasteiger partial charge in [-0.3, -0.25) is 9.48 Å². The van der Waals surface area contributed by atoms with E-state index in [-0.39, 0.29) is 17.3 Å². The predicted octanol–water partition coefficient (Wildman–Crippen LogP) is 3.06. The van der Waals surface area contributed by atoms with Crippen LogP contribution in [0.25, 0.3) is 0 Å². The van der Waals surface area contributed by atoms with E-state index in [2.05, 4.69) is 11.2 Å². The van der Waals surface area contributed by atoms with Gasteiger partial charge in [0.05, 0.1) is 24.2 Å². The third kappa shape index (κ3) is 3.98. The van der Waals surface area contributed by atoms with Crippen molar-refractivity contribution in [2.75, 3.05) is 13.6 Å². The van der Waals surface area contributed by atoms with Gasteiger partial charge in [-0.05, 0) is 50.5 Å². The Morgan fingerprint density at radius 1 is 1.19 bits per heavy atom. The van der Waals surface area contributed by atoms with E-state index in [4.69, 9.17) is 4.42 Å². The van der Waals surface area contributed by atoms with Crippen molar-refractivity contribution in [3.63, 3.8) is 0 Å². The van der Waals surface area contributed by atoms with Gasteiger partial charge in [0.2, 0.25) is 15.9 Å². The summed E-state index contributed by atoms with van der Waals surface area (Å²) in [5.41, 5.74) is 3.24. The maximum atomic E-state index is 13.3. The number of nitrogens with zero attached hydrogens (tertiary/aromatic N) is 4. The monoisotopic (exact) mass is 456 g/mol. The van der Waals surface area contributed by atoms with Crippen LogP contribution in [0.3, 0.4) is 0 Å². The summed E-state index contributed by atoms with van der Waals surface area (Å²) in [4.78, 5) is 15.2. The Labute approximate surface area is 188 Å². The number of fused-ring (bicyclic) bond motifs is 1. The number of furan rings is 1. The van der Waals surface area contributed by atoms with Crippen LogP contribution in [0.15, 0.2) is 52.0 Å². The summed E-state index contributed by atoms with van der Waals surface area (Å²) >= 11 is 0. The first-order valence-corrected chi connectivity index (χ1v) is 12.0. The van der Waals surface area contributed by atoms with Gasteiger partial charge in [0.1, 0.15) is 16.7 Å². The fraction of sp³-hybridized carbons (Fsp3) is 0.391. The zero-order chi connectivity index (χ0) is 23.0. The van der Waals surface area contributed by atoms with Crippen LogP contribution in [0.2, 0.25) is 0 Å². The largest absolute Gasteiger partial charge is 0.468 e. The average molecular weight is 457 g/mol. The van der Waals surface area contributed by atoms with E-state index in [1.54, 1.807) is 32.9 Å². The van der Waals surface area contributed by atoms with E-state index in [1.807, 2.05) is 23.1 Å². The van der Waals surface area contributed by atoms with Gasteiger partial charge in [-0.15, -0.1) is 0 Å². The number of carbonyl (C=O) groups is 1. The Hall–Kier alpha value is -2.91. The first-order chi connectivity index (χ1) is 15.2. The zero-order valence-electron chi connectivity index (χ0n) is 18.8. The molecule has 1 aliphatic rings. The molecule has 32 heavy (non-hydrogen) atoms. The molecule has 9 heteroatoms. The van der Waals surface area contributed by atoms with Crippen molar-refractivity contribution in [1.82, 2.24) is 19.0 Å². The molecular formula is C23H28N4O4S. The zero-order valence-corrected chi connectivity index (χ0v) is 19.6. The topological polar surface area (TPSA) is 88.7 Å². The lowest BCUT2D eigenvalue weighted by Gasteiger charge is -2.31. The Morgan fingerprint density at radius 2 is 1.91 bits per heavy atom. The molecule has 0 aliphatic carbocycles. The number of amides is 1. The van der Waals surface area contributed by atoms with Crippen LogP contribution < -0.4 is 0 Å². The van der Waals surface area contributed by atoms with Crippen LogP contribution in [-0.2, 0) is 34.3 Å². The molecule has 170 valence electrons. The summed E-state index contributed by atoms with van der Waals surface area (Å²) in [7, 11) is -2.31. The molecule has 0 bridgehead atoms. The fourth-order valence-electron chi connectivity index (χ4n) is 4.31. The van der Waals surface area contributed by atoms with Gasteiger partial charge < -0.3 is 9.32 Å². The molecule has 0 saturated heterocycles. The smallest absolute Gasteiger partial charge is 0.247 e. The van der Waals surface area contributed by atoms with Crippen molar-refractivity contribution in [3.8, 4) is 0 Å². The van der Waals surface area contributed by atoms with Crippen molar-refractivity contribution < 1.29 is 17.6 Å². The van der Waals surface area contributed by atoms with Crippen LogP contribution >= 0.6 is 0 Å². The van der Waals surface area contributed by atoms with Gasteiger partial charge in [0.25, 0.3) is 0 Å². The van der Waals surface area contributed by atoms with Crippen LogP contribution in [0.4, 0.5) is 0 Å². The third-order valence-electron chi connectivity index (χ3n) is 6.05. The Balaban J connectivity index is 1.57. The van der Waals surface area contributed by atoms with E-state index in [1.165, 1.54) is 27.9 Å². The number of carbonyl (C=O) groups excluding carboxylic acids is 1. The average Bonchev–Trinajstić information content (AvgIpc) is 3.39. The second kappa shape index (κ2) is 8.55. The van der Waals surface area contributed by atoms with Gasteiger partial charge >= 0.3 is 0 Å². The highest BCUT2D eigenvalue weighted by Gasteiger charge is 2.33. The summed E-state index contributed by atoms with van der Waals surface area (Å²) in [6, 6.07) is 11.0. The minimum absolute atomic E-state index is 0.0713. The highest BCUT2D eigenvalue weighted by Crippen LogP contribution is 2.28. The number of rotatable bonds is 6. The number of benzene rings is 1. The van der Waals surface area contributed by atoms with Crippen LogP contribution in [0.5, 0.6) is 0 Å². The third-order valence-corrected chi connectivity index (χ3v) is 8.11. The van der Waals surface area contributed by atoms with Gasteiger partial charge in [-0.25, -0.2) is 8.42 Å². The van der Waals surface area contributed by atoms with E-state index in [0.29, 0.717) is 30.2 Å². The van der Waals surface area contributed by atoms with Crippen molar-refractivity contribution in [2.24, 2.45) is 0 Å². The van der Waals surface area contributed by atoms with Crippen molar-refractivity contribution in [2.45, 2.75) is 51.2 Å². The first kappa shape index (κ1) is 22.3. The molecule has 3 aromatic rings. The molecule has 1 atom stereocenters. The maximum absolute atomic E-state index is 13.3. The minimum Gasteiger partial charge on any atom is -0.468 e. The number of aryl methyl sites for hydroxylation is 1. The molecule has 2 aromatic heterocycles. The molecule has 3 heterocycles. The van der Waals surface area contributed by atoms with Gasteiger partial charge in [-0.2, -0.15) is 9.40 Å². The Kier molecular flexibility index (Phi) is 5.96. The summed E-state index contributed by atoms with van der Waals surface area (Å²) in [6.07, 6.45) is 2.32. The maximum Gasteiger partial charge on any atom is 0.247 e.